The molecule has 9 heteroatoms. The van der Waals surface area contributed by atoms with Gasteiger partial charge in [0.1, 0.15) is 0 Å². The van der Waals surface area contributed by atoms with E-state index in [1.807, 2.05) is 38.1 Å². The van der Waals surface area contributed by atoms with Crippen molar-refractivity contribution in [3.63, 3.8) is 0 Å². The fourth-order valence-electron chi connectivity index (χ4n) is 4.08. The number of aromatic nitrogens is 2. The number of esters is 1. The largest absolute Gasteiger partial charge is 0.465 e. The van der Waals surface area contributed by atoms with Crippen LogP contribution in [0.1, 0.15) is 40.3 Å². The lowest BCUT2D eigenvalue weighted by Gasteiger charge is -2.36. The normalized spacial score (nSPS) is 15.5. The van der Waals surface area contributed by atoms with Crippen molar-refractivity contribution in [2.75, 3.05) is 45.2 Å². The maximum absolute atomic E-state index is 12.7. The van der Waals surface area contributed by atoms with Gasteiger partial charge in [-0.25, -0.2) is 4.79 Å². The maximum Gasteiger partial charge on any atom is 0.337 e. The predicted molar refractivity (Wildman–Crippen MR) is 132 cm³/mol. The molecule has 3 aromatic rings. The lowest BCUT2D eigenvalue weighted by molar-refractivity contribution is -0.117. The first-order chi connectivity index (χ1) is 16.8. The minimum atomic E-state index is -0.432. The molecule has 2 aromatic carbocycles. The molecule has 1 saturated heterocycles. The van der Waals surface area contributed by atoms with Crippen molar-refractivity contribution in [1.29, 1.82) is 0 Å². The average Bonchev–Trinajstić information content (AvgIpc) is 3.35. The molecule has 1 N–H and O–H groups in total. The quantitative estimate of drug-likeness (QED) is 0.517. The summed E-state index contributed by atoms with van der Waals surface area (Å²) in [7, 11) is 1.34. The summed E-state index contributed by atoms with van der Waals surface area (Å²) < 4.78 is 10.3. The van der Waals surface area contributed by atoms with Gasteiger partial charge < -0.3 is 14.6 Å². The summed E-state index contributed by atoms with van der Waals surface area (Å²) in [5.74, 6) is 0.635. The number of ether oxygens (including phenoxy) is 1. The summed E-state index contributed by atoms with van der Waals surface area (Å²) in [4.78, 5) is 33.5. The number of rotatable bonds is 7. The lowest BCUT2D eigenvalue weighted by Crippen LogP contribution is -2.49. The SMILES string of the molecule is COC(=O)c1ccc(C)c(NC(=O)CN2CCN(C(C)c3nc(-c4ccc(C)cc4)no3)CC2)c1. The fourth-order valence-corrected chi connectivity index (χ4v) is 4.08. The molecule has 35 heavy (non-hydrogen) atoms. The van der Waals surface area contributed by atoms with Crippen LogP contribution in [-0.4, -0.2) is 71.7 Å². The van der Waals surface area contributed by atoms with E-state index in [0.717, 1.165) is 37.3 Å². The van der Waals surface area contributed by atoms with Gasteiger partial charge in [-0.15, -0.1) is 0 Å². The minimum absolute atomic E-state index is 0.0126. The van der Waals surface area contributed by atoms with Gasteiger partial charge in [-0.1, -0.05) is 41.1 Å². The number of piperazine rings is 1. The fraction of sp³-hybridized carbons (Fsp3) is 0.385. The van der Waals surface area contributed by atoms with Crippen molar-refractivity contribution in [2.45, 2.75) is 26.8 Å². The molecule has 184 valence electrons. The van der Waals surface area contributed by atoms with E-state index in [1.54, 1.807) is 18.2 Å². The van der Waals surface area contributed by atoms with E-state index in [2.05, 4.69) is 32.2 Å². The number of benzene rings is 2. The second-order valence-electron chi connectivity index (χ2n) is 8.88. The van der Waals surface area contributed by atoms with E-state index >= 15 is 0 Å². The van der Waals surface area contributed by atoms with E-state index in [0.29, 0.717) is 23.0 Å². The molecule has 1 fully saturated rings. The highest BCUT2D eigenvalue weighted by Gasteiger charge is 2.27. The molecule has 2 heterocycles. The Labute approximate surface area is 205 Å². The number of amides is 1. The molecule has 0 bridgehead atoms. The third kappa shape index (κ3) is 5.93. The Morgan fingerprint density at radius 2 is 1.80 bits per heavy atom. The van der Waals surface area contributed by atoms with Crippen LogP contribution < -0.4 is 5.32 Å². The van der Waals surface area contributed by atoms with Gasteiger partial charge >= 0.3 is 5.97 Å². The van der Waals surface area contributed by atoms with Crippen LogP contribution in [0.5, 0.6) is 0 Å². The summed E-state index contributed by atoms with van der Waals surface area (Å²) in [6.45, 7) is 9.34. The van der Waals surface area contributed by atoms with Gasteiger partial charge in [0.2, 0.25) is 17.6 Å². The van der Waals surface area contributed by atoms with E-state index in [9.17, 15) is 9.59 Å². The minimum Gasteiger partial charge on any atom is -0.465 e. The van der Waals surface area contributed by atoms with Gasteiger partial charge in [-0.3, -0.25) is 14.6 Å². The summed E-state index contributed by atoms with van der Waals surface area (Å²) >= 11 is 0. The van der Waals surface area contributed by atoms with Crippen LogP contribution in [-0.2, 0) is 9.53 Å². The predicted octanol–water partition coefficient (Wildman–Crippen LogP) is 3.46. The van der Waals surface area contributed by atoms with Crippen LogP contribution in [0.25, 0.3) is 11.4 Å². The van der Waals surface area contributed by atoms with Crippen molar-refractivity contribution >= 4 is 17.6 Å². The molecule has 0 saturated carbocycles. The monoisotopic (exact) mass is 477 g/mol. The van der Waals surface area contributed by atoms with Crippen LogP contribution in [0.3, 0.4) is 0 Å². The molecule has 1 atom stereocenters. The molecule has 0 radical (unpaired) electrons. The first-order valence-electron chi connectivity index (χ1n) is 11.7. The molecule has 1 unspecified atom stereocenters. The zero-order valence-electron chi connectivity index (χ0n) is 20.6. The number of nitrogens with zero attached hydrogens (tertiary/aromatic N) is 4. The number of nitrogens with one attached hydrogen (secondary N) is 1. The Morgan fingerprint density at radius 1 is 1.09 bits per heavy atom. The van der Waals surface area contributed by atoms with Crippen molar-refractivity contribution in [3.05, 3.63) is 65.0 Å². The third-order valence-corrected chi connectivity index (χ3v) is 6.36. The Balaban J connectivity index is 1.29. The topological polar surface area (TPSA) is 101 Å². The van der Waals surface area contributed by atoms with Gasteiger partial charge in [-0.05, 0) is 38.5 Å². The number of carbonyl (C=O) groups excluding carboxylic acids is 2. The van der Waals surface area contributed by atoms with Crippen molar-refractivity contribution in [2.24, 2.45) is 0 Å². The number of carbonyl (C=O) groups is 2. The molecule has 9 nitrogen and oxygen atoms in total. The van der Waals surface area contributed by atoms with Crippen molar-refractivity contribution in [3.8, 4) is 11.4 Å². The number of hydrogen-bond donors (Lipinski definition) is 1. The first kappa shape index (κ1) is 24.6. The molecule has 1 aliphatic rings. The zero-order valence-corrected chi connectivity index (χ0v) is 20.6. The van der Waals surface area contributed by atoms with Crippen LogP contribution in [0, 0.1) is 13.8 Å². The second kappa shape index (κ2) is 10.8. The number of hydrogen-bond acceptors (Lipinski definition) is 8. The highest BCUT2D eigenvalue weighted by Crippen LogP contribution is 2.24. The van der Waals surface area contributed by atoms with Gasteiger partial charge in [-0.2, -0.15) is 4.98 Å². The molecule has 1 aliphatic heterocycles. The van der Waals surface area contributed by atoms with Crippen LogP contribution in [0.15, 0.2) is 47.0 Å². The van der Waals surface area contributed by atoms with Gasteiger partial charge in [0, 0.05) is 37.4 Å². The smallest absolute Gasteiger partial charge is 0.337 e. The molecule has 4 rings (SSSR count). The highest BCUT2D eigenvalue weighted by molar-refractivity contribution is 5.96. The van der Waals surface area contributed by atoms with E-state index < -0.39 is 5.97 Å². The summed E-state index contributed by atoms with van der Waals surface area (Å²) in [6.07, 6.45) is 0. The number of anilines is 1. The molecule has 0 spiro atoms. The van der Waals surface area contributed by atoms with Gasteiger partial charge in [0.25, 0.3) is 0 Å². The first-order valence-corrected chi connectivity index (χ1v) is 11.7. The summed E-state index contributed by atoms with van der Waals surface area (Å²) in [5.41, 5.74) is 4.02. The Hall–Kier alpha value is -3.56. The van der Waals surface area contributed by atoms with Crippen LogP contribution in [0.2, 0.25) is 0 Å². The van der Waals surface area contributed by atoms with Crippen LogP contribution in [0.4, 0.5) is 5.69 Å². The van der Waals surface area contributed by atoms with Gasteiger partial charge in [0.15, 0.2) is 0 Å². The highest BCUT2D eigenvalue weighted by atomic mass is 16.5. The zero-order chi connectivity index (χ0) is 24.9. The number of aryl methyl sites for hydroxylation is 2. The Bertz CT molecular complexity index is 1180. The Kier molecular flexibility index (Phi) is 7.57. The van der Waals surface area contributed by atoms with Crippen molar-refractivity contribution in [1.82, 2.24) is 19.9 Å². The summed E-state index contributed by atoms with van der Waals surface area (Å²) in [6, 6.07) is 13.2. The lowest BCUT2D eigenvalue weighted by atomic mass is 10.1. The van der Waals surface area contributed by atoms with E-state index in [1.165, 1.54) is 12.7 Å². The molecule has 0 aliphatic carbocycles. The number of methoxy groups -OCH3 is 1. The molecule has 1 aromatic heterocycles. The van der Waals surface area contributed by atoms with Crippen molar-refractivity contribution < 1.29 is 18.8 Å². The standard InChI is InChI=1S/C26H31N5O4/c1-17-5-8-20(9-6-17)24-28-25(35-29-24)19(3)31-13-11-30(12-14-31)16-23(32)27-22-15-21(26(33)34-4)10-7-18(22)2/h5-10,15,19H,11-14,16H2,1-4H3,(H,27,32). The maximum atomic E-state index is 12.7. The van der Waals surface area contributed by atoms with E-state index in [4.69, 9.17) is 9.26 Å². The molecule has 1 amide bonds. The Morgan fingerprint density at radius 3 is 2.49 bits per heavy atom. The van der Waals surface area contributed by atoms with Crippen LogP contribution >= 0.6 is 0 Å². The second-order valence-corrected chi connectivity index (χ2v) is 8.88. The van der Waals surface area contributed by atoms with E-state index in [-0.39, 0.29) is 18.5 Å². The van der Waals surface area contributed by atoms with Gasteiger partial charge in [0.05, 0.1) is 25.3 Å². The molecular weight excluding hydrogens is 446 g/mol. The molecular formula is C26H31N5O4. The third-order valence-electron chi connectivity index (χ3n) is 6.36. The average molecular weight is 478 g/mol. The summed E-state index contributed by atoms with van der Waals surface area (Å²) in [5, 5.41) is 7.07.